The SMILES string of the molecule is COc1cc(OC)c(C(=O)NCc2ccc(Cl)cc2Cl)cc1OC. The molecule has 128 valence electrons. The molecule has 0 aliphatic heterocycles. The van der Waals surface area contributed by atoms with E-state index in [1.165, 1.54) is 21.3 Å². The van der Waals surface area contributed by atoms with Gasteiger partial charge in [0.05, 0.1) is 26.9 Å². The highest BCUT2D eigenvalue weighted by atomic mass is 35.5. The van der Waals surface area contributed by atoms with Crippen molar-refractivity contribution >= 4 is 29.1 Å². The number of ether oxygens (including phenoxy) is 3. The predicted molar refractivity (Wildman–Crippen MR) is 93.7 cm³/mol. The van der Waals surface area contributed by atoms with Crippen molar-refractivity contribution in [2.24, 2.45) is 0 Å². The Morgan fingerprint density at radius 2 is 1.58 bits per heavy atom. The molecule has 0 aliphatic carbocycles. The second-order valence-corrected chi connectivity index (χ2v) is 5.67. The van der Waals surface area contributed by atoms with Gasteiger partial charge in [0.2, 0.25) is 0 Å². The highest BCUT2D eigenvalue weighted by Gasteiger charge is 2.17. The molecule has 0 radical (unpaired) electrons. The smallest absolute Gasteiger partial charge is 0.255 e. The third-order valence-electron chi connectivity index (χ3n) is 3.40. The first kappa shape index (κ1) is 18.2. The van der Waals surface area contributed by atoms with Gasteiger partial charge in [0.1, 0.15) is 5.75 Å². The second-order valence-electron chi connectivity index (χ2n) is 4.83. The minimum atomic E-state index is -0.321. The van der Waals surface area contributed by atoms with Crippen LogP contribution in [0.1, 0.15) is 15.9 Å². The Labute approximate surface area is 150 Å². The van der Waals surface area contributed by atoms with E-state index in [9.17, 15) is 4.79 Å². The Kier molecular flexibility index (Phi) is 6.17. The van der Waals surface area contributed by atoms with Crippen molar-refractivity contribution in [1.82, 2.24) is 5.32 Å². The summed E-state index contributed by atoms with van der Waals surface area (Å²) >= 11 is 12.0. The molecule has 0 unspecified atom stereocenters. The van der Waals surface area contributed by atoms with Crippen LogP contribution in [-0.2, 0) is 6.54 Å². The summed E-state index contributed by atoms with van der Waals surface area (Å²) < 4.78 is 15.7. The lowest BCUT2D eigenvalue weighted by Crippen LogP contribution is -2.23. The molecule has 0 saturated carbocycles. The predicted octanol–water partition coefficient (Wildman–Crippen LogP) is 3.95. The highest BCUT2D eigenvalue weighted by molar-refractivity contribution is 6.35. The summed E-state index contributed by atoms with van der Waals surface area (Å²) in [7, 11) is 4.49. The standard InChI is InChI=1S/C17H17Cl2NO4/c1-22-14-8-16(24-3)15(23-2)7-12(14)17(21)20-9-10-4-5-11(18)6-13(10)19/h4-8H,9H2,1-3H3,(H,20,21). The van der Waals surface area contributed by atoms with Crippen molar-refractivity contribution in [1.29, 1.82) is 0 Å². The maximum absolute atomic E-state index is 12.5. The van der Waals surface area contributed by atoms with Crippen LogP contribution >= 0.6 is 23.2 Å². The molecule has 0 spiro atoms. The molecule has 2 rings (SSSR count). The number of carbonyl (C=O) groups excluding carboxylic acids is 1. The maximum atomic E-state index is 12.5. The van der Waals surface area contributed by atoms with E-state index in [0.29, 0.717) is 32.9 Å². The first-order valence-corrected chi connectivity index (χ1v) is 7.77. The van der Waals surface area contributed by atoms with Crippen molar-refractivity contribution in [2.45, 2.75) is 6.54 Å². The van der Waals surface area contributed by atoms with E-state index in [0.717, 1.165) is 5.56 Å². The van der Waals surface area contributed by atoms with Gasteiger partial charge in [0.15, 0.2) is 11.5 Å². The van der Waals surface area contributed by atoms with Crippen molar-refractivity contribution < 1.29 is 19.0 Å². The molecule has 5 nitrogen and oxygen atoms in total. The third-order valence-corrected chi connectivity index (χ3v) is 3.99. The largest absolute Gasteiger partial charge is 0.496 e. The molecule has 0 aliphatic rings. The van der Waals surface area contributed by atoms with Crippen LogP contribution in [-0.4, -0.2) is 27.2 Å². The Bertz CT molecular complexity index is 750. The molecule has 2 aromatic carbocycles. The van der Waals surface area contributed by atoms with Crippen LogP contribution in [0.4, 0.5) is 0 Å². The zero-order chi connectivity index (χ0) is 17.7. The van der Waals surface area contributed by atoms with Crippen LogP contribution in [0.2, 0.25) is 10.0 Å². The number of hydrogen-bond acceptors (Lipinski definition) is 4. The van der Waals surface area contributed by atoms with Gasteiger partial charge in [-0.05, 0) is 17.7 Å². The van der Waals surface area contributed by atoms with Gasteiger partial charge in [-0.15, -0.1) is 0 Å². The van der Waals surface area contributed by atoms with Crippen LogP contribution < -0.4 is 19.5 Å². The monoisotopic (exact) mass is 369 g/mol. The summed E-state index contributed by atoms with van der Waals surface area (Å²) in [6.07, 6.45) is 0. The summed E-state index contributed by atoms with van der Waals surface area (Å²) in [4.78, 5) is 12.5. The minimum absolute atomic E-state index is 0.256. The van der Waals surface area contributed by atoms with Crippen LogP contribution in [0.5, 0.6) is 17.2 Å². The fourth-order valence-electron chi connectivity index (χ4n) is 2.14. The minimum Gasteiger partial charge on any atom is -0.496 e. The lowest BCUT2D eigenvalue weighted by molar-refractivity contribution is 0.0947. The van der Waals surface area contributed by atoms with Gasteiger partial charge in [-0.3, -0.25) is 4.79 Å². The molecule has 2 aromatic rings. The van der Waals surface area contributed by atoms with Crippen LogP contribution in [0.3, 0.4) is 0 Å². The molecular formula is C17H17Cl2NO4. The molecule has 7 heteroatoms. The van der Waals surface area contributed by atoms with E-state index in [1.807, 2.05) is 0 Å². The number of rotatable bonds is 6. The number of halogens is 2. The lowest BCUT2D eigenvalue weighted by atomic mass is 10.1. The molecule has 1 N–H and O–H groups in total. The summed E-state index contributed by atoms with van der Waals surface area (Å²) in [5, 5.41) is 3.82. The number of hydrogen-bond donors (Lipinski definition) is 1. The average Bonchev–Trinajstić information content (AvgIpc) is 2.59. The molecule has 0 aromatic heterocycles. The van der Waals surface area contributed by atoms with Gasteiger partial charge in [-0.25, -0.2) is 0 Å². The van der Waals surface area contributed by atoms with Crippen LogP contribution in [0.15, 0.2) is 30.3 Å². The van der Waals surface area contributed by atoms with E-state index in [1.54, 1.807) is 30.3 Å². The van der Waals surface area contributed by atoms with Gasteiger partial charge in [-0.2, -0.15) is 0 Å². The van der Waals surface area contributed by atoms with Gasteiger partial charge >= 0.3 is 0 Å². The first-order chi connectivity index (χ1) is 11.5. The number of methoxy groups -OCH3 is 3. The Balaban J connectivity index is 2.22. The van der Waals surface area contributed by atoms with Gasteiger partial charge in [0.25, 0.3) is 5.91 Å². The lowest BCUT2D eigenvalue weighted by Gasteiger charge is -2.14. The average molecular weight is 370 g/mol. The normalized spacial score (nSPS) is 10.2. The fourth-order valence-corrected chi connectivity index (χ4v) is 2.62. The van der Waals surface area contributed by atoms with E-state index < -0.39 is 0 Å². The highest BCUT2D eigenvalue weighted by Crippen LogP contribution is 2.34. The maximum Gasteiger partial charge on any atom is 0.255 e. The van der Waals surface area contributed by atoms with Crippen molar-refractivity contribution in [2.75, 3.05) is 21.3 Å². The summed E-state index contributed by atoms with van der Waals surface area (Å²) in [6, 6.07) is 8.27. The van der Waals surface area contributed by atoms with Gasteiger partial charge in [-0.1, -0.05) is 29.3 Å². The van der Waals surface area contributed by atoms with E-state index in [4.69, 9.17) is 37.4 Å². The molecule has 0 atom stereocenters. The zero-order valence-electron chi connectivity index (χ0n) is 13.5. The number of benzene rings is 2. The molecular weight excluding hydrogens is 353 g/mol. The molecule has 0 fully saturated rings. The summed E-state index contributed by atoms with van der Waals surface area (Å²) in [5.41, 5.74) is 1.09. The number of carbonyl (C=O) groups is 1. The zero-order valence-corrected chi connectivity index (χ0v) is 15.0. The summed E-state index contributed by atoms with van der Waals surface area (Å²) in [5.74, 6) is 0.978. The molecule has 0 saturated heterocycles. The van der Waals surface area contributed by atoms with Crippen molar-refractivity contribution in [3.05, 3.63) is 51.5 Å². The van der Waals surface area contributed by atoms with Crippen LogP contribution in [0.25, 0.3) is 0 Å². The second kappa shape index (κ2) is 8.13. The van der Waals surface area contributed by atoms with Crippen molar-refractivity contribution in [3.8, 4) is 17.2 Å². The fraction of sp³-hybridized carbons (Fsp3) is 0.235. The quantitative estimate of drug-likeness (QED) is 0.837. The number of amides is 1. The molecule has 0 bridgehead atoms. The molecule has 24 heavy (non-hydrogen) atoms. The van der Waals surface area contributed by atoms with E-state index in [-0.39, 0.29) is 12.5 Å². The Morgan fingerprint density at radius 1 is 0.958 bits per heavy atom. The first-order valence-electron chi connectivity index (χ1n) is 7.02. The van der Waals surface area contributed by atoms with E-state index >= 15 is 0 Å². The van der Waals surface area contributed by atoms with Crippen molar-refractivity contribution in [3.63, 3.8) is 0 Å². The van der Waals surface area contributed by atoms with Gasteiger partial charge in [0, 0.05) is 28.7 Å². The number of nitrogens with one attached hydrogen (secondary N) is 1. The third kappa shape index (κ3) is 4.04. The van der Waals surface area contributed by atoms with Gasteiger partial charge < -0.3 is 19.5 Å². The van der Waals surface area contributed by atoms with Crippen LogP contribution in [0, 0.1) is 0 Å². The topological polar surface area (TPSA) is 56.8 Å². The Morgan fingerprint density at radius 3 is 2.17 bits per heavy atom. The summed E-state index contributed by atoms with van der Waals surface area (Å²) in [6.45, 7) is 0.256. The molecule has 0 heterocycles. The Hall–Kier alpha value is -2.11. The van der Waals surface area contributed by atoms with E-state index in [2.05, 4.69) is 5.32 Å². The molecule has 1 amide bonds.